The smallest absolute Gasteiger partial charge is 0.336 e. The van der Waals surface area contributed by atoms with E-state index in [1.165, 1.54) is 0 Å². The lowest BCUT2D eigenvalue weighted by Crippen LogP contribution is -2.32. The van der Waals surface area contributed by atoms with E-state index in [0.29, 0.717) is 22.0 Å². The predicted octanol–water partition coefficient (Wildman–Crippen LogP) is 6.01. The van der Waals surface area contributed by atoms with Gasteiger partial charge in [0, 0.05) is 16.4 Å². The molecule has 0 fully saturated rings. The van der Waals surface area contributed by atoms with Gasteiger partial charge in [-0.1, -0.05) is 84.4 Å². The van der Waals surface area contributed by atoms with Gasteiger partial charge < -0.3 is 19.9 Å². The van der Waals surface area contributed by atoms with Gasteiger partial charge in [0.25, 0.3) is 0 Å². The van der Waals surface area contributed by atoms with E-state index in [0.717, 1.165) is 11.1 Å². The molecule has 0 saturated heterocycles. The second-order valence-electron chi connectivity index (χ2n) is 8.70. The van der Waals surface area contributed by atoms with E-state index in [1.807, 2.05) is 60.7 Å². The molecular formula is C30H28ClNO5. The molecule has 0 saturated carbocycles. The molecule has 1 atom stereocenters. The lowest BCUT2D eigenvalue weighted by Gasteiger charge is -2.29. The third-order valence-electron chi connectivity index (χ3n) is 6.20. The molecule has 37 heavy (non-hydrogen) atoms. The Morgan fingerprint density at radius 2 is 1.46 bits per heavy atom. The number of ether oxygens (including phenoxy) is 2. The van der Waals surface area contributed by atoms with Crippen molar-refractivity contribution in [2.75, 3.05) is 13.2 Å². The first-order valence-electron chi connectivity index (χ1n) is 11.9. The zero-order chi connectivity index (χ0) is 26.4. The van der Waals surface area contributed by atoms with Gasteiger partial charge in [-0.05, 0) is 42.7 Å². The molecule has 0 amide bonds. The summed E-state index contributed by atoms with van der Waals surface area (Å²) in [4.78, 5) is 25.5. The van der Waals surface area contributed by atoms with Crippen molar-refractivity contribution >= 4 is 23.5 Å². The summed E-state index contributed by atoms with van der Waals surface area (Å²) in [6.07, 6.45) is -0.318. The highest BCUT2D eigenvalue weighted by Crippen LogP contribution is 2.39. The third kappa shape index (κ3) is 6.10. The summed E-state index contributed by atoms with van der Waals surface area (Å²) < 4.78 is 11.8. The molecule has 7 heteroatoms. The standard InChI is InChI=1S/C30H28ClNO5/c1-19-25(29(33)34)27(23-14-9-15-24(31)18-23)26(20(2)32-19)30(35)37-17-16-36-28(21-10-5-3-6-11-21)22-12-7-4-8-13-22/h3-15,18,27-28,32H,16-17H2,1-2H3,(H,33,34). The molecule has 0 aliphatic carbocycles. The third-order valence-corrected chi connectivity index (χ3v) is 6.43. The Morgan fingerprint density at radius 1 is 0.865 bits per heavy atom. The van der Waals surface area contributed by atoms with Crippen LogP contribution in [0, 0.1) is 0 Å². The lowest BCUT2D eigenvalue weighted by molar-refractivity contribution is -0.141. The number of carboxylic acid groups (broad SMARTS) is 1. The summed E-state index contributed by atoms with van der Waals surface area (Å²) in [5.41, 5.74) is 3.87. The fourth-order valence-corrected chi connectivity index (χ4v) is 4.78. The number of nitrogens with one attached hydrogen (secondary N) is 1. The lowest BCUT2D eigenvalue weighted by atomic mass is 9.80. The summed E-state index contributed by atoms with van der Waals surface area (Å²) >= 11 is 6.20. The van der Waals surface area contributed by atoms with E-state index >= 15 is 0 Å². The molecule has 0 spiro atoms. The zero-order valence-corrected chi connectivity index (χ0v) is 21.4. The average Bonchev–Trinajstić information content (AvgIpc) is 2.89. The Hall–Kier alpha value is -3.87. The first-order chi connectivity index (χ1) is 17.9. The first-order valence-corrected chi connectivity index (χ1v) is 12.3. The van der Waals surface area contributed by atoms with Gasteiger partial charge in [0.2, 0.25) is 0 Å². The van der Waals surface area contributed by atoms with Gasteiger partial charge in [-0.3, -0.25) is 0 Å². The number of hydrogen-bond donors (Lipinski definition) is 2. The minimum absolute atomic E-state index is 0.000846. The van der Waals surface area contributed by atoms with Gasteiger partial charge in [-0.2, -0.15) is 0 Å². The number of halogens is 1. The van der Waals surface area contributed by atoms with Gasteiger partial charge in [0.1, 0.15) is 12.7 Å². The van der Waals surface area contributed by atoms with Gasteiger partial charge in [-0.15, -0.1) is 0 Å². The molecule has 3 aromatic rings. The number of aliphatic carboxylic acids is 1. The summed E-state index contributed by atoms with van der Waals surface area (Å²) in [5, 5.41) is 13.4. The number of dihydropyridines is 1. The van der Waals surface area contributed by atoms with Gasteiger partial charge in [0.05, 0.1) is 23.7 Å². The molecule has 1 unspecified atom stereocenters. The fourth-order valence-electron chi connectivity index (χ4n) is 4.59. The minimum Gasteiger partial charge on any atom is -0.478 e. The maximum atomic E-state index is 13.3. The Bertz CT molecular complexity index is 1290. The number of carboxylic acids is 1. The van der Waals surface area contributed by atoms with Crippen LogP contribution in [0.4, 0.5) is 0 Å². The highest BCUT2D eigenvalue weighted by Gasteiger charge is 2.37. The second-order valence-corrected chi connectivity index (χ2v) is 9.14. The van der Waals surface area contributed by atoms with Gasteiger partial charge in [-0.25, -0.2) is 9.59 Å². The van der Waals surface area contributed by atoms with Crippen LogP contribution in [0.1, 0.15) is 42.6 Å². The van der Waals surface area contributed by atoms with Crippen LogP contribution in [0.5, 0.6) is 0 Å². The topological polar surface area (TPSA) is 84.9 Å². The molecule has 1 aliphatic rings. The van der Waals surface area contributed by atoms with Gasteiger partial charge >= 0.3 is 11.9 Å². The highest BCUT2D eigenvalue weighted by molar-refractivity contribution is 6.30. The number of hydrogen-bond acceptors (Lipinski definition) is 5. The molecule has 2 N–H and O–H groups in total. The number of allylic oxidation sites excluding steroid dienone is 2. The van der Waals surface area contributed by atoms with Crippen LogP contribution in [-0.4, -0.2) is 30.3 Å². The Kier molecular flexibility index (Phi) is 8.43. The minimum atomic E-state index is -1.12. The predicted molar refractivity (Wildman–Crippen MR) is 142 cm³/mol. The van der Waals surface area contributed by atoms with Gasteiger partial charge in [0.15, 0.2) is 0 Å². The monoisotopic (exact) mass is 517 g/mol. The average molecular weight is 518 g/mol. The van der Waals surface area contributed by atoms with E-state index in [4.69, 9.17) is 21.1 Å². The number of carbonyl (C=O) groups excluding carboxylic acids is 1. The molecule has 0 radical (unpaired) electrons. The van der Waals surface area contributed by atoms with E-state index in [1.54, 1.807) is 38.1 Å². The van der Waals surface area contributed by atoms with Crippen molar-refractivity contribution in [2.24, 2.45) is 0 Å². The van der Waals surface area contributed by atoms with Crippen LogP contribution < -0.4 is 5.32 Å². The fraction of sp³-hybridized carbons (Fsp3) is 0.200. The molecule has 6 nitrogen and oxygen atoms in total. The van der Waals surface area contributed by atoms with Crippen molar-refractivity contribution in [3.8, 4) is 0 Å². The molecule has 1 heterocycles. The van der Waals surface area contributed by atoms with Crippen LogP contribution in [0.15, 0.2) is 107 Å². The number of esters is 1. The van der Waals surface area contributed by atoms with E-state index in [9.17, 15) is 14.7 Å². The zero-order valence-electron chi connectivity index (χ0n) is 20.6. The van der Waals surface area contributed by atoms with Crippen LogP contribution >= 0.6 is 11.6 Å². The van der Waals surface area contributed by atoms with E-state index in [2.05, 4.69) is 5.32 Å². The van der Waals surface area contributed by atoms with Crippen molar-refractivity contribution in [2.45, 2.75) is 25.9 Å². The summed E-state index contributed by atoms with van der Waals surface area (Å²) in [5.74, 6) is -2.56. The number of benzene rings is 3. The normalized spacial score (nSPS) is 15.5. The van der Waals surface area contributed by atoms with Crippen LogP contribution in [-0.2, 0) is 19.1 Å². The van der Waals surface area contributed by atoms with Crippen LogP contribution in [0.25, 0.3) is 0 Å². The van der Waals surface area contributed by atoms with Crippen LogP contribution in [0.3, 0.4) is 0 Å². The second kappa shape index (κ2) is 11.9. The summed E-state index contributed by atoms with van der Waals surface area (Å²) in [6.45, 7) is 3.56. The Morgan fingerprint density at radius 3 is 2.03 bits per heavy atom. The SMILES string of the molecule is CC1=C(C(=O)O)C(c2cccc(Cl)c2)C(C(=O)OCCOC(c2ccccc2)c2ccccc2)=C(C)N1. The molecule has 0 aromatic heterocycles. The van der Waals surface area contributed by atoms with Crippen molar-refractivity contribution < 1.29 is 24.2 Å². The largest absolute Gasteiger partial charge is 0.478 e. The molecule has 0 bridgehead atoms. The molecule has 190 valence electrons. The van der Waals surface area contributed by atoms with E-state index in [-0.39, 0.29) is 30.5 Å². The number of rotatable bonds is 9. The summed E-state index contributed by atoms with van der Waals surface area (Å²) in [6, 6.07) is 26.5. The quantitative estimate of drug-likeness (QED) is 0.267. The van der Waals surface area contributed by atoms with E-state index < -0.39 is 17.9 Å². The molecule has 1 aliphatic heterocycles. The van der Waals surface area contributed by atoms with Crippen LogP contribution in [0.2, 0.25) is 5.02 Å². The maximum Gasteiger partial charge on any atom is 0.336 e. The Balaban J connectivity index is 1.51. The summed E-state index contributed by atoms with van der Waals surface area (Å²) in [7, 11) is 0. The van der Waals surface area contributed by atoms with Crippen molar-refractivity contribution in [1.29, 1.82) is 0 Å². The number of carbonyl (C=O) groups is 2. The first kappa shape index (κ1) is 26.2. The van der Waals surface area contributed by atoms with Crippen molar-refractivity contribution in [1.82, 2.24) is 5.32 Å². The molecule has 3 aromatic carbocycles. The van der Waals surface area contributed by atoms with Crippen molar-refractivity contribution in [3.63, 3.8) is 0 Å². The highest BCUT2D eigenvalue weighted by atomic mass is 35.5. The maximum absolute atomic E-state index is 13.3. The molecule has 4 rings (SSSR count). The Labute approximate surface area is 221 Å². The molecular weight excluding hydrogens is 490 g/mol. The van der Waals surface area contributed by atoms with Crippen molar-refractivity contribution in [3.05, 3.63) is 129 Å².